The van der Waals surface area contributed by atoms with Gasteiger partial charge in [0.15, 0.2) is 0 Å². The second kappa shape index (κ2) is 13.5. The van der Waals surface area contributed by atoms with Crippen LogP contribution in [-0.2, 0) is 20.9 Å². The van der Waals surface area contributed by atoms with Crippen molar-refractivity contribution in [1.29, 1.82) is 0 Å². The molecule has 3 rings (SSSR count). The maximum Gasteiger partial charge on any atom is 0.408 e. The van der Waals surface area contributed by atoms with E-state index in [0.29, 0.717) is 13.0 Å². The molecule has 0 radical (unpaired) electrons. The normalized spacial score (nSPS) is 21.6. The molecule has 2 fully saturated rings. The summed E-state index contributed by atoms with van der Waals surface area (Å²) in [7, 11) is 0. The summed E-state index contributed by atoms with van der Waals surface area (Å²) in [4.78, 5) is 34.0. The molecule has 0 saturated carbocycles. The molecule has 29 heavy (non-hydrogen) atoms. The Bertz CT molecular complexity index is 639. The molecule has 5 N–H and O–H groups in total. The van der Waals surface area contributed by atoms with Crippen LogP contribution in [0.1, 0.15) is 51.5 Å². The molecular weight excluding hydrogens is 372 g/mol. The highest BCUT2D eigenvalue weighted by Crippen LogP contribution is 2.06. The van der Waals surface area contributed by atoms with Gasteiger partial charge >= 0.3 is 6.09 Å². The fourth-order valence-electron chi connectivity index (χ4n) is 2.95. The topological polar surface area (TPSA) is 123 Å². The van der Waals surface area contributed by atoms with Gasteiger partial charge in [0.2, 0.25) is 11.8 Å². The molecule has 2 heterocycles. The Kier molecular flexibility index (Phi) is 11.4. The highest BCUT2D eigenvalue weighted by atomic mass is 16.5. The highest BCUT2D eigenvalue weighted by Gasteiger charge is 2.22. The number of benzene rings is 1. The first-order valence-corrected chi connectivity index (χ1v) is 9.84. The van der Waals surface area contributed by atoms with Crippen molar-refractivity contribution < 1.29 is 19.1 Å². The lowest BCUT2D eigenvalue weighted by molar-refractivity contribution is -0.123. The van der Waals surface area contributed by atoms with Crippen molar-refractivity contribution in [3.8, 4) is 0 Å². The quantitative estimate of drug-likeness (QED) is 0.610. The molecule has 2 atom stereocenters. The lowest BCUT2D eigenvalue weighted by atomic mass is 10.1. The Morgan fingerprint density at radius 3 is 2.31 bits per heavy atom. The fourth-order valence-corrected chi connectivity index (χ4v) is 2.95. The molecule has 8 heteroatoms. The Balaban J connectivity index is 0.000000355. The lowest BCUT2D eigenvalue weighted by Gasteiger charge is -2.15. The zero-order chi connectivity index (χ0) is 20.2. The molecule has 2 saturated heterocycles. The van der Waals surface area contributed by atoms with Crippen LogP contribution in [0.15, 0.2) is 30.3 Å². The van der Waals surface area contributed by atoms with Crippen LogP contribution >= 0.6 is 0 Å². The number of nitrogens with one attached hydrogen (secondary N) is 3. The second-order valence-corrected chi connectivity index (χ2v) is 6.94. The predicted octanol–water partition coefficient (Wildman–Crippen LogP) is 1.83. The van der Waals surface area contributed by atoms with Gasteiger partial charge in [-0.1, -0.05) is 37.8 Å². The van der Waals surface area contributed by atoms with E-state index in [2.05, 4.69) is 16.0 Å². The van der Waals surface area contributed by atoms with Crippen molar-refractivity contribution >= 4 is 17.9 Å². The number of rotatable bonds is 3. The summed E-state index contributed by atoms with van der Waals surface area (Å²) in [6.07, 6.45) is 4.95. The van der Waals surface area contributed by atoms with Crippen molar-refractivity contribution in [3.63, 3.8) is 0 Å². The van der Waals surface area contributed by atoms with E-state index in [1.165, 1.54) is 0 Å². The molecule has 0 bridgehead atoms. The smallest absolute Gasteiger partial charge is 0.408 e. The van der Waals surface area contributed by atoms with E-state index in [9.17, 15) is 14.4 Å². The largest absolute Gasteiger partial charge is 0.445 e. The van der Waals surface area contributed by atoms with E-state index in [4.69, 9.17) is 10.5 Å². The Labute approximate surface area is 172 Å². The maximum atomic E-state index is 11.6. The van der Waals surface area contributed by atoms with Gasteiger partial charge in [-0.3, -0.25) is 9.59 Å². The van der Waals surface area contributed by atoms with Crippen molar-refractivity contribution in [2.45, 2.75) is 64.6 Å². The number of ether oxygens (including phenoxy) is 1. The van der Waals surface area contributed by atoms with Crippen molar-refractivity contribution in [1.82, 2.24) is 16.0 Å². The zero-order valence-corrected chi connectivity index (χ0v) is 16.1. The predicted molar refractivity (Wildman–Crippen MR) is 112 cm³/mol. The number of hydrogen-bond donors (Lipinski definition) is 4. The van der Waals surface area contributed by atoms with Crippen LogP contribution in [-0.4, -0.2) is 43.1 Å². The van der Waals surface area contributed by atoms with Crippen molar-refractivity contribution in [2.75, 3.05) is 13.1 Å². The SMILES string of the molecule is C.NC1CCCCNC1=O.O=C(NC1CCCCNC1=O)OCc1ccccc1. The standard InChI is InChI=1S/C14H18N2O3.C6H12N2O.CH4/c17-13-12(8-4-5-9-15-13)16-14(18)19-10-11-6-2-1-3-7-11;7-5-3-1-2-4-8-6(5)9;/h1-3,6-7,12H,4-5,8-10H2,(H,15,17)(H,16,18);5H,1-4,7H2,(H,8,9);1H4. The van der Waals surface area contributed by atoms with Crippen LogP contribution in [0.25, 0.3) is 0 Å². The molecule has 8 nitrogen and oxygen atoms in total. The summed E-state index contributed by atoms with van der Waals surface area (Å²) in [6.45, 7) is 1.68. The van der Waals surface area contributed by atoms with Gasteiger partial charge in [0, 0.05) is 13.1 Å². The fraction of sp³-hybridized carbons (Fsp3) is 0.571. The summed E-state index contributed by atoms with van der Waals surface area (Å²) < 4.78 is 5.09. The minimum absolute atomic E-state index is 0. The minimum atomic E-state index is -0.550. The summed E-state index contributed by atoms with van der Waals surface area (Å²) in [5.74, 6) is -0.123. The van der Waals surface area contributed by atoms with Gasteiger partial charge in [0.05, 0.1) is 6.04 Å². The van der Waals surface area contributed by atoms with Gasteiger partial charge in [-0.25, -0.2) is 4.79 Å². The number of nitrogens with two attached hydrogens (primary N) is 1. The summed E-state index contributed by atoms with van der Waals surface area (Å²) in [6, 6.07) is 8.69. The van der Waals surface area contributed by atoms with E-state index >= 15 is 0 Å². The first kappa shape index (κ1) is 24.4. The molecular formula is C21H34N4O4. The average molecular weight is 407 g/mol. The van der Waals surface area contributed by atoms with Gasteiger partial charge < -0.3 is 26.4 Å². The van der Waals surface area contributed by atoms with Crippen molar-refractivity contribution in [3.05, 3.63) is 35.9 Å². The van der Waals surface area contributed by atoms with Crippen molar-refractivity contribution in [2.24, 2.45) is 5.73 Å². The molecule has 2 aliphatic rings. The second-order valence-electron chi connectivity index (χ2n) is 6.94. The van der Waals surface area contributed by atoms with Crippen LogP contribution in [0.3, 0.4) is 0 Å². The van der Waals surface area contributed by atoms with Gasteiger partial charge in [-0.2, -0.15) is 0 Å². The number of amides is 3. The van der Waals surface area contributed by atoms with Crippen LogP contribution in [0.5, 0.6) is 0 Å². The van der Waals surface area contributed by atoms with Gasteiger partial charge in [0.1, 0.15) is 12.6 Å². The summed E-state index contributed by atoms with van der Waals surface area (Å²) >= 11 is 0. The van der Waals surface area contributed by atoms with E-state index in [0.717, 1.165) is 44.2 Å². The molecule has 2 aliphatic heterocycles. The van der Waals surface area contributed by atoms with Crippen LogP contribution in [0.4, 0.5) is 4.79 Å². The van der Waals surface area contributed by atoms with E-state index in [-0.39, 0.29) is 31.9 Å². The molecule has 1 aromatic rings. The van der Waals surface area contributed by atoms with E-state index in [1.54, 1.807) is 0 Å². The van der Waals surface area contributed by atoms with Crippen LogP contribution in [0, 0.1) is 0 Å². The van der Waals surface area contributed by atoms with Crippen LogP contribution in [0.2, 0.25) is 0 Å². The average Bonchev–Trinajstić information content (AvgIpc) is 3.02. The summed E-state index contributed by atoms with van der Waals surface area (Å²) in [5.41, 5.74) is 6.39. The summed E-state index contributed by atoms with van der Waals surface area (Å²) in [5, 5.41) is 8.10. The lowest BCUT2D eigenvalue weighted by Crippen LogP contribution is -2.45. The first-order valence-electron chi connectivity index (χ1n) is 9.84. The highest BCUT2D eigenvalue weighted by molar-refractivity contribution is 5.85. The third-order valence-corrected chi connectivity index (χ3v) is 4.62. The number of hydrogen-bond acceptors (Lipinski definition) is 5. The molecule has 162 valence electrons. The van der Waals surface area contributed by atoms with Gasteiger partial charge in [-0.05, 0) is 44.1 Å². The first-order chi connectivity index (χ1) is 13.6. The third-order valence-electron chi connectivity index (χ3n) is 4.62. The Morgan fingerprint density at radius 1 is 1.00 bits per heavy atom. The van der Waals surface area contributed by atoms with E-state index in [1.807, 2.05) is 30.3 Å². The number of alkyl carbamates (subject to hydrolysis) is 1. The van der Waals surface area contributed by atoms with E-state index < -0.39 is 12.1 Å². The van der Waals surface area contributed by atoms with Gasteiger partial charge in [-0.15, -0.1) is 0 Å². The van der Waals surface area contributed by atoms with Crippen LogP contribution < -0.4 is 21.7 Å². The van der Waals surface area contributed by atoms with Gasteiger partial charge in [0.25, 0.3) is 0 Å². The Morgan fingerprint density at radius 2 is 1.62 bits per heavy atom. The molecule has 0 spiro atoms. The molecule has 0 aliphatic carbocycles. The third kappa shape index (κ3) is 9.43. The molecule has 3 amide bonds. The number of carbonyl (C=O) groups is 3. The zero-order valence-electron chi connectivity index (χ0n) is 16.1. The minimum Gasteiger partial charge on any atom is -0.445 e. The number of carbonyl (C=O) groups excluding carboxylic acids is 3. The molecule has 2 unspecified atom stereocenters. The monoisotopic (exact) mass is 406 g/mol. The molecule has 1 aromatic carbocycles. The maximum absolute atomic E-state index is 11.6. The molecule has 0 aromatic heterocycles. The Hall–Kier alpha value is -2.61.